The first-order valence-electron chi connectivity index (χ1n) is 6.71. The number of aromatic nitrogens is 2. The van der Waals surface area contributed by atoms with Gasteiger partial charge in [0.2, 0.25) is 11.8 Å². The SMILES string of the molecule is CCc1nnc(CN2CCNCc3ccccc32)o1. The van der Waals surface area contributed by atoms with Gasteiger partial charge in [-0.3, -0.25) is 0 Å². The van der Waals surface area contributed by atoms with Gasteiger partial charge in [0.05, 0.1) is 6.54 Å². The Morgan fingerprint density at radius 1 is 1.26 bits per heavy atom. The summed E-state index contributed by atoms with van der Waals surface area (Å²) in [4.78, 5) is 2.29. The number of nitrogens with one attached hydrogen (secondary N) is 1. The van der Waals surface area contributed by atoms with Gasteiger partial charge < -0.3 is 14.6 Å². The summed E-state index contributed by atoms with van der Waals surface area (Å²) in [6, 6.07) is 8.46. The van der Waals surface area contributed by atoms with Crippen LogP contribution in [-0.4, -0.2) is 23.3 Å². The lowest BCUT2D eigenvalue weighted by Crippen LogP contribution is -2.28. The van der Waals surface area contributed by atoms with Crippen molar-refractivity contribution >= 4 is 5.69 Å². The van der Waals surface area contributed by atoms with Gasteiger partial charge in [-0.1, -0.05) is 25.1 Å². The van der Waals surface area contributed by atoms with E-state index in [1.807, 2.05) is 6.92 Å². The second kappa shape index (κ2) is 5.40. The van der Waals surface area contributed by atoms with E-state index in [1.165, 1.54) is 11.3 Å². The maximum absolute atomic E-state index is 5.61. The number of hydrogen-bond donors (Lipinski definition) is 1. The monoisotopic (exact) mass is 258 g/mol. The fourth-order valence-corrected chi connectivity index (χ4v) is 2.35. The van der Waals surface area contributed by atoms with Gasteiger partial charge in [-0.05, 0) is 11.6 Å². The lowest BCUT2D eigenvalue weighted by molar-refractivity contribution is 0.449. The molecule has 0 saturated carbocycles. The average Bonchev–Trinajstić information content (AvgIpc) is 2.80. The van der Waals surface area contributed by atoms with Crippen molar-refractivity contribution in [1.29, 1.82) is 0 Å². The van der Waals surface area contributed by atoms with Crippen molar-refractivity contribution in [2.45, 2.75) is 26.4 Å². The van der Waals surface area contributed by atoms with Crippen molar-refractivity contribution in [2.24, 2.45) is 0 Å². The highest BCUT2D eigenvalue weighted by Crippen LogP contribution is 2.23. The summed E-state index contributed by atoms with van der Waals surface area (Å²) in [6.45, 7) is 5.51. The fourth-order valence-electron chi connectivity index (χ4n) is 2.35. The van der Waals surface area contributed by atoms with E-state index in [9.17, 15) is 0 Å². The molecule has 5 heteroatoms. The summed E-state index contributed by atoms with van der Waals surface area (Å²) >= 11 is 0. The smallest absolute Gasteiger partial charge is 0.235 e. The highest BCUT2D eigenvalue weighted by Gasteiger charge is 2.17. The van der Waals surface area contributed by atoms with Crippen molar-refractivity contribution in [2.75, 3.05) is 18.0 Å². The molecular weight excluding hydrogens is 240 g/mol. The number of anilines is 1. The Balaban J connectivity index is 1.83. The maximum atomic E-state index is 5.61. The first kappa shape index (κ1) is 12.2. The molecule has 0 atom stereocenters. The first-order chi connectivity index (χ1) is 9.36. The molecule has 5 nitrogen and oxygen atoms in total. The topological polar surface area (TPSA) is 54.2 Å². The number of para-hydroxylation sites is 1. The van der Waals surface area contributed by atoms with Crippen LogP contribution < -0.4 is 10.2 Å². The van der Waals surface area contributed by atoms with Crippen molar-refractivity contribution < 1.29 is 4.42 Å². The van der Waals surface area contributed by atoms with E-state index < -0.39 is 0 Å². The molecule has 0 unspecified atom stereocenters. The van der Waals surface area contributed by atoms with Gasteiger partial charge in [-0.25, -0.2) is 0 Å². The molecule has 0 radical (unpaired) electrons. The highest BCUT2D eigenvalue weighted by atomic mass is 16.4. The van der Waals surface area contributed by atoms with Crippen LogP contribution >= 0.6 is 0 Å². The van der Waals surface area contributed by atoms with Crippen LogP contribution in [0.4, 0.5) is 5.69 Å². The number of rotatable bonds is 3. The van der Waals surface area contributed by atoms with Crippen molar-refractivity contribution in [3.05, 3.63) is 41.6 Å². The molecule has 0 spiro atoms. The molecule has 3 rings (SSSR count). The molecule has 0 aliphatic carbocycles. The summed E-state index contributed by atoms with van der Waals surface area (Å²) in [5, 5.41) is 11.6. The molecule has 0 amide bonds. The molecule has 1 aliphatic rings. The van der Waals surface area contributed by atoms with Crippen LogP contribution in [0, 0.1) is 0 Å². The second-order valence-electron chi connectivity index (χ2n) is 4.67. The molecule has 100 valence electrons. The quantitative estimate of drug-likeness (QED) is 0.909. The maximum Gasteiger partial charge on any atom is 0.235 e. The van der Waals surface area contributed by atoms with Crippen molar-refractivity contribution in [1.82, 2.24) is 15.5 Å². The van der Waals surface area contributed by atoms with E-state index in [0.29, 0.717) is 18.3 Å². The Morgan fingerprint density at radius 2 is 2.11 bits per heavy atom. The zero-order valence-electron chi connectivity index (χ0n) is 11.1. The summed E-state index contributed by atoms with van der Waals surface area (Å²) in [7, 11) is 0. The van der Waals surface area contributed by atoms with Gasteiger partial charge in [0, 0.05) is 31.7 Å². The van der Waals surface area contributed by atoms with Crippen LogP contribution in [-0.2, 0) is 19.5 Å². The molecule has 2 aromatic rings. The predicted octanol–water partition coefficient (Wildman–Crippen LogP) is 1.74. The minimum atomic E-state index is 0.672. The molecule has 1 aliphatic heterocycles. The normalized spacial score (nSPS) is 15.1. The third kappa shape index (κ3) is 2.61. The average molecular weight is 258 g/mol. The van der Waals surface area contributed by atoms with Crippen LogP contribution in [0.3, 0.4) is 0 Å². The van der Waals surface area contributed by atoms with E-state index in [0.717, 1.165) is 26.1 Å². The standard InChI is InChI=1S/C14H18N4O/c1-2-13-16-17-14(19-13)10-18-8-7-15-9-11-5-3-4-6-12(11)18/h3-6,15H,2,7-10H2,1H3. The van der Waals surface area contributed by atoms with E-state index in [4.69, 9.17) is 4.42 Å². The van der Waals surface area contributed by atoms with E-state index in [2.05, 4.69) is 44.7 Å². The second-order valence-corrected chi connectivity index (χ2v) is 4.67. The molecular formula is C14H18N4O. The van der Waals surface area contributed by atoms with Crippen molar-refractivity contribution in [3.8, 4) is 0 Å². The largest absolute Gasteiger partial charge is 0.423 e. The Labute approximate surface area is 112 Å². The fraction of sp³-hybridized carbons (Fsp3) is 0.429. The minimum absolute atomic E-state index is 0.672. The van der Waals surface area contributed by atoms with Gasteiger partial charge in [0.1, 0.15) is 0 Å². The Hall–Kier alpha value is -1.88. The number of hydrogen-bond acceptors (Lipinski definition) is 5. The molecule has 0 saturated heterocycles. The minimum Gasteiger partial charge on any atom is -0.423 e. The highest BCUT2D eigenvalue weighted by molar-refractivity contribution is 5.54. The Morgan fingerprint density at radius 3 is 2.95 bits per heavy atom. The summed E-state index contributed by atoms with van der Waals surface area (Å²) < 4.78 is 5.61. The van der Waals surface area contributed by atoms with E-state index in [-0.39, 0.29) is 0 Å². The summed E-state index contributed by atoms with van der Waals surface area (Å²) in [5.41, 5.74) is 2.57. The molecule has 19 heavy (non-hydrogen) atoms. The molecule has 0 bridgehead atoms. The lowest BCUT2D eigenvalue weighted by Gasteiger charge is -2.22. The van der Waals surface area contributed by atoms with Crippen LogP contribution in [0.15, 0.2) is 28.7 Å². The number of aryl methyl sites for hydroxylation is 1. The molecule has 0 fully saturated rings. The Bertz CT molecular complexity index is 552. The van der Waals surface area contributed by atoms with Crippen LogP contribution in [0.1, 0.15) is 24.3 Å². The van der Waals surface area contributed by atoms with Crippen LogP contribution in [0.25, 0.3) is 0 Å². The van der Waals surface area contributed by atoms with Gasteiger partial charge in [0.25, 0.3) is 0 Å². The molecule has 1 aromatic carbocycles. The lowest BCUT2D eigenvalue weighted by atomic mass is 10.1. The first-order valence-corrected chi connectivity index (χ1v) is 6.71. The summed E-state index contributed by atoms with van der Waals surface area (Å²) in [6.07, 6.45) is 0.783. The Kier molecular flexibility index (Phi) is 3.46. The molecule has 1 aromatic heterocycles. The number of fused-ring (bicyclic) bond motifs is 1. The predicted molar refractivity (Wildman–Crippen MR) is 72.9 cm³/mol. The number of benzene rings is 1. The molecule has 2 heterocycles. The van der Waals surface area contributed by atoms with Gasteiger partial charge >= 0.3 is 0 Å². The third-order valence-electron chi connectivity index (χ3n) is 3.34. The van der Waals surface area contributed by atoms with Gasteiger partial charge in [-0.2, -0.15) is 0 Å². The van der Waals surface area contributed by atoms with Gasteiger partial charge in [-0.15, -0.1) is 10.2 Å². The molecule has 1 N–H and O–H groups in total. The zero-order chi connectivity index (χ0) is 13.1. The van der Waals surface area contributed by atoms with E-state index >= 15 is 0 Å². The number of nitrogens with zero attached hydrogens (tertiary/aromatic N) is 3. The summed E-state index contributed by atoms with van der Waals surface area (Å²) in [5.74, 6) is 1.39. The third-order valence-corrected chi connectivity index (χ3v) is 3.34. The van der Waals surface area contributed by atoms with Crippen LogP contribution in [0.5, 0.6) is 0 Å². The van der Waals surface area contributed by atoms with E-state index in [1.54, 1.807) is 0 Å². The van der Waals surface area contributed by atoms with Crippen LogP contribution in [0.2, 0.25) is 0 Å². The zero-order valence-corrected chi connectivity index (χ0v) is 11.1. The van der Waals surface area contributed by atoms with Gasteiger partial charge in [0.15, 0.2) is 0 Å². The van der Waals surface area contributed by atoms with Crippen molar-refractivity contribution in [3.63, 3.8) is 0 Å².